The van der Waals surface area contributed by atoms with Gasteiger partial charge in [0.2, 0.25) is 0 Å². The van der Waals surface area contributed by atoms with Crippen LogP contribution >= 0.6 is 0 Å². The first-order valence-electron chi connectivity index (χ1n) is 9.86. The Kier molecular flexibility index (Phi) is 3.49. The van der Waals surface area contributed by atoms with Crippen LogP contribution in [-0.2, 0) is 15.1 Å². The predicted molar refractivity (Wildman–Crippen MR) is 91.9 cm³/mol. The second-order valence-electron chi connectivity index (χ2n) is 8.49. The van der Waals surface area contributed by atoms with Gasteiger partial charge in [0.15, 0.2) is 6.29 Å². The summed E-state index contributed by atoms with van der Waals surface area (Å²) < 4.78 is 32.3. The van der Waals surface area contributed by atoms with Crippen molar-refractivity contribution in [2.75, 3.05) is 13.2 Å². The van der Waals surface area contributed by atoms with E-state index in [0.29, 0.717) is 11.2 Å². The Hall–Kier alpha value is -1.13. The van der Waals surface area contributed by atoms with Gasteiger partial charge in [-0.1, -0.05) is 13.3 Å². The Morgan fingerprint density at radius 3 is 2.88 bits per heavy atom. The molecule has 4 fully saturated rings. The topological polar surface area (TPSA) is 27.7 Å². The Balaban J connectivity index is 1.43. The molecule has 1 spiro atoms. The van der Waals surface area contributed by atoms with Crippen LogP contribution in [0.5, 0.6) is 5.75 Å². The molecule has 2 aliphatic carbocycles. The molecular formula is C21H27FO3. The molecule has 0 aromatic heterocycles. The van der Waals surface area contributed by atoms with Crippen molar-refractivity contribution in [3.63, 3.8) is 0 Å². The molecule has 5 rings (SSSR count). The average Bonchev–Trinajstić information content (AvgIpc) is 3.22. The summed E-state index contributed by atoms with van der Waals surface area (Å²) in [5.41, 5.74) is 1.29. The normalized spacial score (nSPS) is 41.6. The Morgan fingerprint density at radius 2 is 2.16 bits per heavy atom. The van der Waals surface area contributed by atoms with E-state index in [1.807, 2.05) is 6.07 Å². The van der Waals surface area contributed by atoms with Gasteiger partial charge in [0, 0.05) is 23.3 Å². The third-order valence-corrected chi connectivity index (χ3v) is 7.27. The van der Waals surface area contributed by atoms with E-state index >= 15 is 0 Å². The van der Waals surface area contributed by atoms with Crippen molar-refractivity contribution in [3.8, 4) is 5.75 Å². The molecule has 2 saturated heterocycles. The summed E-state index contributed by atoms with van der Waals surface area (Å²) >= 11 is 0. The third-order valence-electron chi connectivity index (χ3n) is 7.27. The summed E-state index contributed by atoms with van der Waals surface area (Å²) in [6, 6.07) is 5.14. The second kappa shape index (κ2) is 5.43. The molecule has 0 bridgehead atoms. The summed E-state index contributed by atoms with van der Waals surface area (Å²) in [5, 5.41) is 0. The molecule has 4 unspecified atom stereocenters. The van der Waals surface area contributed by atoms with Gasteiger partial charge in [-0.3, -0.25) is 0 Å². The lowest BCUT2D eigenvalue weighted by Gasteiger charge is -2.48. The van der Waals surface area contributed by atoms with E-state index in [9.17, 15) is 4.39 Å². The minimum atomic E-state index is -0.282. The van der Waals surface area contributed by atoms with Crippen LogP contribution < -0.4 is 4.74 Å². The molecule has 2 saturated carbocycles. The van der Waals surface area contributed by atoms with Crippen molar-refractivity contribution in [3.05, 3.63) is 29.6 Å². The standard InChI is InChI=1S/C21H27FO3/c1-2-6-19-13-20(19)7-8-21(20,24-14-19)15-10-16(22)12-17(11-15)25-18-5-3-4-9-23-18/h10-12,18H,2-9,13-14H2,1H3. The van der Waals surface area contributed by atoms with Crippen LogP contribution in [0.3, 0.4) is 0 Å². The second-order valence-corrected chi connectivity index (χ2v) is 8.49. The van der Waals surface area contributed by atoms with Crippen molar-refractivity contribution in [1.82, 2.24) is 0 Å². The van der Waals surface area contributed by atoms with Crippen molar-refractivity contribution in [2.45, 2.75) is 70.2 Å². The van der Waals surface area contributed by atoms with Gasteiger partial charge < -0.3 is 14.2 Å². The predicted octanol–water partition coefficient (Wildman–Crippen LogP) is 4.93. The summed E-state index contributed by atoms with van der Waals surface area (Å²) in [4.78, 5) is 0. The highest BCUT2D eigenvalue weighted by molar-refractivity contribution is 5.44. The average molecular weight is 346 g/mol. The van der Waals surface area contributed by atoms with Crippen LogP contribution in [0, 0.1) is 16.6 Å². The van der Waals surface area contributed by atoms with Gasteiger partial charge in [-0.2, -0.15) is 0 Å². The smallest absolute Gasteiger partial charge is 0.199 e. The molecule has 2 aliphatic heterocycles. The number of hydrogen-bond acceptors (Lipinski definition) is 3. The van der Waals surface area contributed by atoms with Gasteiger partial charge in [-0.25, -0.2) is 4.39 Å². The minimum Gasteiger partial charge on any atom is -0.465 e. The molecule has 0 amide bonds. The number of halogens is 1. The molecule has 2 heterocycles. The van der Waals surface area contributed by atoms with E-state index in [-0.39, 0.29) is 23.1 Å². The fourth-order valence-corrected chi connectivity index (χ4v) is 5.97. The first-order valence-corrected chi connectivity index (χ1v) is 9.86. The van der Waals surface area contributed by atoms with E-state index in [2.05, 4.69) is 6.92 Å². The van der Waals surface area contributed by atoms with Crippen LogP contribution in [0.15, 0.2) is 18.2 Å². The Morgan fingerprint density at radius 1 is 1.24 bits per heavy atom. The first kappa shape index (κ1) is 16.1. The van der Waals surface area contributed by atoms with E-state index < -0.39 is 0 Å². The SMILES string of the molecule is CCCC12COC3(c4cc(F)cc(OC5CCCCO5)c4)CCC13C2. The largest absolute Gasteiger partial charge is 0.465 e. The van der Waals surface area contributed by atoms with Gasteiger partial charge >= 0.3 is 0 Å². The maximum Gasteiger partial charge on any atom is 0.199 e. The van der Waals surface area contributed by atoms with E-state index in [1.54, 1.807) is 6.07 Å². The fourth-order valence-electron chi connectivity index (χ4n) is 5.97. The van der Waals surface area contributed by atoms with E-state index in [4.69, 9.17) is 14.2 Å². The van der Waals surface area contributed by atoms with Gasteiger partial charge in [0.25, 0.3) is 0 Å². The molecule has 1 aromatic rings. The lowest BCUT2D eigenvalue weighted by molar-refractivity contribution is -0.126. The number of benzene rings is 1. The van der Waals surface area contributed by atoms with Crippen LogP contribution in [-0.4, -0.2) is 19.5 Å². The molecular weight excluding hydrogens is 319 g/mol. The van der Waals surface area contributed by atoms with Gasteiger partial charge in [0.05, 0.1) is 18.8 Å². The zero-order valence-corrected chi connectivity index (χ0v) is 15.0. The van der Waals surface area contributed by atoms with Crippen LogP contribution in [0.1, 0.15) is 63.9 Å². The van der Waals surface area contributed by atoms with Gasteiger partial charge in [-0.15, -0.1) is 0 Å². The number of hydrogen-bond donors (Lipinski definition) is 0. The third kappa shape index (κ3) is 2.10. The molecule has 136 valence electrons. The fraction of sp³-hybridized carbons (Fsp3) is 0.714. The van der Waals surface area contributed by atoms with Crippen LogP contribution in [0.4, 0.5) is 4.39 Å². The van der Waals surface area contributed by atoms with Crippen molar-refractivity contribution in [2.24, 2.45) is 10.8 Å². The van der Waals surface area contributed by atoms with E-state index in [0.717, 1.165) is 44.5 Å². The molecule has 0 radical (unpaired) electrons. The maximum absolute atomic E-state index is 14.4. The number of ether oxygens (including phenoxy) is 3. The highest BCUT2D eigenvalue weighted by Gasteiger charge is 2.84. The number of rotatable bonds is 5. The monoisotopic (exact) mass is 346 g/mol. The van der Waals surface area contributed by atoms with Crippen molar-refractivity contribution >= 4 is 0 Å². The van der Waals surface area contributed by atoms with Crippen molar-refractivity contribution in [1.29, 1.82) is 0 Å². The zero-order chi connectivity index (χ0) is 17.1. The summed E-state index contributed by atoms with van der Waals surface area (Å²) in [6.07, 6.45) is 8.67. The van der Waals surface area contributed by atoms with Crippen LogP contribution in [0.2, 0.25) is 0 Å². The Bertz CT molecular complexity index is 682. The highest BCUT2D eigenvalue weighted by Crippen LogP contribution is 2.86. The quantitative estimate of drug-likeness (QED) is 0.757. The minimum absolute atomic E-state index is 0.239. The summed E-state index contributed by atoms with van der Waals surface area (Å²) in [6.45, 7) is 3.81. The first-order chi connectivity index (χ1) is 12.1. The molecule has 4 aliphatic rings. The molecule has 3 nitrogen and oxygen atoms in total. The molecule has 4 atom stereocenters. The van der Waals surface area contributed by atoms with E-state index in [1.165, 1.54) is 31.7 Å². The molecule has 4 heteroatoms. The van der Waals surface area contributed by atoms with Crippen molar-refractivity contribution < 1.29 is 18.6 Å². The summed E-state index contributed by atoms with van der Waals surface area (Å²) in [5.74, 6) is 0.340. The molecule has 25 heavy (non-hydrogen) atoms. The Labute approximate surface area is 148 Å². The molecule has 1 aromatic carbocycles. The molecule has 0 N–H and O–H groups in total. The lowest BCUT2D eigenvalue weighted by atomic mass is 9.60. The summed E-state index contributed by atoms with van der Waals surface area (Å²) in [7, 11) is 0. The van der Waals surface area contributed by atoms with Crippen LogP contribution in [0.25, 0.3) is 0 Å². The van der Waals surface area contributed by atoms with Gasteiger partial charge in [0.1, 0.15) is 11.6 Å². The highest BCUT2D eigenvalue weighted by atomic mass is 19.1. The van der Waals surface area contributed by atoms with Gasteiger partial charge in [-0.05, 0) is 56.2 Å². The zero-order valence-electron chi connectivity index (χ0n) is 15.0. The lowest BCUT2D eigenvalue weighted by Crippen LogP contribution is -2.46. The maximum atomic E-state index is 14.4.